The van der Waals surface area contributed by atoms with E-state index in [0.717, 1.165) is 13.1 Å². The highest BCUT2D eigenvalue weighted by molar-refractivity contribution is 5.88. The molecule has 1 aliphatic rings. The number of piperazine rings is 1. The number of rotatable bonds is 2. The van der Waals surface area contributed by atoms with Gasteiger partial charge in [0.1, 0.15) is 5.76 Å². The Morgan fingerprint density at radius 2 is 1.91 bits per heavy atom. The Balaban J connectivity index is 1.59. The molecule has 0 unspecified atom stereocenters. The second kappa shape index (κ2) is 6.32. The standard InChI is InChI=1S/C17H22N4O2/c1-12-5-4-6-15(14(12)3)20-7-9-21(10-8-20)17(22)18-16-11-13(2)23-19-16/h4-6,11H,7-10H2,1-3H3,(H,18,19,22). The molecule has 0 atom stereocenters. The van der Waals surface area contributed by atoms with Crippen molar-refractivity contribution in [3.63, 3.8) is 0 Å². The lowest BCUT2D eigenvalue weighted by atomic mass is 10.1. The van der Waals surface area contributed by atoms with Gasteiger partial charge in [0.05, 0.1) is 0 Å². The number of anilines is 2. The zero-order valence-electron chi connectivity index (χ0n) is 13.8. The lowest BCUT2D eigenvalue weighted by Gasteiger charge is -2.36. The van der Waals surface area contributed by atoms with Crippen LogP contribution in [0.1, 0.15) is 16.9 Å². The zero-order chi connectivity index (χ0) is 16.4. The SMILES string of the molecule is Cc1cc(NC(=O)N2CCN(c3cccc(C)c3C)CC2)no1. The predicted molar refractivity (Wildman–Crippen MR) is 90.0 cm³/mol. The summed E-state index contributed by atoms with van der Waals surface area (Å²) in [7, 11) is 0. The number of hydrogen-bond acceptors (Lipinski definition) is 4. The van der Waals surface area contributed by atoms with Crippen LogP contribution < -0.4 is 10.2 Å². The molecule has 23 heavy (non-hydrogen) atoms. The highest BCUT2D eigenvalue weighted by Crippen LogP contribution is 2.24. The number of aromatic nitrogens is 1. The lowest BCUT2D eigenvalue weighted by molar-refractivity contribution is 0.208. The highest BCUT2D eigenvalue weighted by atomic mass is 16.5. The molecule has 122 valence electrons. The number of carbonyl (C=O) groups is 1. The smallest absolute Gasteiger partial charge is 0.323 e. The zero-order valence-corrected chi connectivity index (χ0v) is 13.8. The highest BCUT2D eigenvalue weighted by Gasteiger charge is 2.22. The van der Waals surface area contributed by atoms with Crippen molar-refractivity contribution >= 4 is 17.5 Å². The molecule has 0 radical (unpaired) electrons. The average molecular weight is 314 g/mol. The maximum atomic E-state index is 12.3. The fourth-order valence-corrected chi connectivity index (χ4v) is 2.84. The summed E-state index contributed by atoms with van der Waals surface area (Å²) in [5.41, 5.74) is 3.87. The van der Waals surface area contributed by atoms with Gasteiger partial charge in [0, 0.05) is 37.9 Å². The number of carbonyl (C=O) groups excluding carboxylic acids is 1. The van der Waals surface area contributed by atoms with E-state index in [1.807, 2.05) is 4.90 Å². The predicted octanol–water partition coefficient (Wildman–Crippen LogP) is 2.95. The van der Waals surface area contributed by atoms with Crippen LogP contribution in [0.25, 0.3) is 0 Å². The maximum absolute atomic E-state index is 12.3. The maximum Gasteiger partial charge on any atom is 0.323 e. The Hall–Kier alpha value is -2.50. The summed E-state index contributed by atoms with van der Waals surface area (Å²) in [6, 6.07) is 7.95. The molecule has 3 rings (SSSR count). The van der Waals surface area contributed by atoms with Gasteiger partial charge in [-0.3, -0.25) is 5.32 Å². The molecule has 1 fully saturated rings. The van der Waals surface area contributed by atoms with Crippen molar-refractivity contribution < 1.29 is 9.32 Å². The molecule has 1 N–H and O–H groups in total. The van der Waals surface area contributed by atoms with Crippen LogP contribution >= 0.6 is 0 Å². The number of amides is 2. The van der Waals surface area contributed by atoms with E-state index in [4.69, 9.17) is 4.52 Å². The number of urea groups is 1. The molecule has 2 heterocycles. The number of nitrogens with zero attached hydrogens (tertiary/aromatic N) is 3. The van der Waals surface area contributed by atoms with Gasteiger partial charge in [-0.25, -0.2) is 4.79 Å². The van der Waals surface area contributed by atoms with E-state index in [0.29, 0.717) is 24.7 Å². The van der Waals surface area contributed by atoms with Crippen molar-refractivity contribution in [1.29, 1.82) is 0 Å². The summed E-state index contributed by atoms with van der Waals surface area (Å²) >= 11 is 0. The molecule has 2 amide bonds. The Bertz CT molecular complexity index is 702. The number of hydrogen-bond donors (Lipinski definition) is 1. The summed E-state index contributed by atoms with van der Waals surface area (Å²) in [5, 5.41) is 6.56. The quantitative estimate of drug-likeness (QED) is 0.926. The molecule has 1 aromatic carbocycles. The van der Waals surface area contributed by atoms with Crippen LogP contribution in [0.15, 0.2) is 28.8 Å². The second-order valence-corrected chi connectivity index (χ2v) is 5.95. The number of benzene rings is 1. The van der Waals surface area contributed by atoms with Gasteiger partial charge >= 0.3 is 6.03 Å². The van der Waals surface area contributed by atoms with Crippen molar-refractivity contribution in [1.82, 2.24) is 10.1 Å². The van der Waals surface area contributed by atoms with Gasteiger partial charge < -0.3 is 14.3 Å². The van der Waals surface area contributed by atoms with Crippen LogP contribution in [0.3, 0.4) is 0 Å². The summed E-state index contributed by atoms with van der Waals surface area (Å²) in [6.45, 7) is 9.11. The monoisotopic (exact) mass is 314 g/mol. The first kappa shape index (κ1) is 15.4. The molecular weight excluding hydrogens is 292 g/mol. The largest absolute Gasteiger partial charge is 0.368 e. The minimum atomic E-state index is -0.126. The van der Waals surface area contributed by atoms with E-state index in [2.05, 4.69) is 47.4 Å². The molecule has 1 saturated heterocycles. The van der Waals surface area contributed by atoms with E-state index in [1.165, 1.54) is 16.8 Å². The molecule has 6 nitrogen and oxygen atoms in total. The van der Waals surface area contributed by atoms with Crippen LogP contribution in [-0.4, -0.2) is 42.3 Å². The van der Waals surface area contributed by atoms with Gasteiger partial charge in [0.2, 0.25) is 0 Å². The minimum absolute atomic E-state index is 0.126. The van der Waals surface area contributed by atoms with Crippen LogP contribution in [0.4, 0.5) is 16.3 Å². The number of nitrogens with one attached hydrogen (secondary N) is 1. The molecule has 2 aromatic rings. The first-order valence-electron chi connectivity index (χ1n) is 7.85. The van der Waals surface area contributed by atoms with Crippen molar-refractivity contribution in [2.24, 2.45) is 0 Å². The average Bonchev–Trinajstić information content (AvgIpc) is 2.95. The lowest BCUT2D eigenvalue weighted by Crippen LogP contribution is -2.50. The third kappa shape index (κ3) is 3.31. The van der Waals surface area contributed by atoms with Gasteiger partial charge in [0.25, 0.3) is 0 Å². The van der Waals surface area contributed by atoms with Gasteiger partial charge in [-0.05, 0) is 38.0 Å². The Morgan fingerprint density at radius 3 is 2.57 bits per heavy atom. The first-order valence-corrected chi connectivity index (χ1v) is 7.85. The second-order valence-electron chi connectivity index (χ2n) is 5.95. The third-order valence-corrected chi connectivity index (χ3v) is 4.35. The van der Waals surface area contributed by atoms with E-state index in [-0.39, 0.29) is 6.03 Å². The van der Waals surface area contributed by atoms with Crippen molar-refractivity contribution in [2.45, 2.75) is 20.8 Å². The summed E-state index contributed by atoms with van der Waals surface area (Å²) < 4.78 is 4.96. The van der Waals surface area contributed by atoms with Gasteiger partial charge in [-0.15, -0.1) is 0 Å². The van der Waals surface area contributed by atoms with Gasteiger partial charge in [-0.1, -0.05) is 17.3 Å². The van der Waals surface area contributed by atoms with E-state index < -0.39 is 0 Å². The fraction of sp³-hybridized carbons (Fsp3) is 0.412. The third-order valence-electron chi connectivity index (χ3n) is 4.35. The molecule has 0 aliphatic carbocycles. The summed E-state index contributed by atoms with van der Waals surface area (Å²) in [6.07, 6.45) is 0. The first-order chi connectivity index (χ1) is 11.0. The van der Waals surface area contributed by atoms with Gasteiger partial charge in [0.15, 0.2) is 5.82 Å². The molecule has 0 saturated carbocycles. The molecule has 6 heteroatoms. The molecule has 0 bridgehead atoms. The summed E-state index contributed by atoms with van der Waals surface area (Å²) in [4.78, 5) is 16.4. The normalized spacial score (nSPS) is 14.9. The number of aryl methyl sites for hydroxylation is 2. The van der Waals surface area contributed by atoms with E-state index in [1.54, 1.807) is 13.0 Å². The molecule has 0 spiro atoms. The summed E-state index contributed by atoms with van der Waals surface area (Å²) in [5.74, 6) is 1.14. The van der Waals surface area contributed by atoms with Gasteiger partial charge in [-0.2, -0.15) is 0 Å². The minimum Gasteiger partial charge on any atom is -0.368 e. The van der Waals surface area contributed by atoms with Crippen LogP contribution in [0.2, 0.25) is 0 Å². The molecule has 1 aliphatic heterocycles. The van der Waals surface area contributed by atoms with Crippen molar-refractivity contribution in [2.75, 3.05) is 36.4 Å². The topological polar surface area (TPSA) is 61.6 Å². The van der Waals surface area contributed by atoms with Crippen LogP contribution in [0.5, 0.6) is 0 Å². The van der Waals surface area contributed by atoms with Crippen molar-refractivity contribution in [3.05, 3.63) is 41.2 Å². The Morgan fingerprint density at radius 1 is 1.17 bits per heavy atom. The molecule has 1 aromatic heterocycles. The van der Waals surface area contributed by atoms with E-state index in [9.17, 15) is 4.79 Å². The Kier molecular flexibility index (Phi) is 4.23. The van der Waals surface area contributed by atoms with Crippen molar-refractivity contribution in [3.8, 4) is 0 Å². The van der Waals surface area contributed by atoms with E-state index >= 15 is 0 Å². The Labute approximate surface area is 136 Å². The van der Waals surface area contributed by atoms with Crippen LogP contribution in [-0.2, 0) is 0 Å². The fourth-order valence-electron chi connectivity index (χ4n) is 2.84. The molecular formula is C17H22N4O2. The van der Waals surface area contributed by atoms with Crippen LogP contribution in [0, 0.1) is 20.8 Å².